The van der Waals surface area contributed by atoms with Crippen LogP contribution in [0.2, 0.25) is 0 Å². The highest BCUT2D eigenvalue weighted by Crippen LogP contribution is 2.62. The molecule has 0 aromatic heterocycles. The fourth-order valence-corrected chi connectivity index (χ4v) is 5.85. The van der Waals surface area contributed by atoms with Crippen molar-refractivity contribution in [3.8, 4) is 0 Å². The van der Waals surface area contributed by atoms with E-state index in [1.54, 1.807) is 6.26 Å². The zero-order chi connectivity index (χ0) is 18.2. The van der Waals surface area contributed by atoms with E-state index in [2.05, 4.69) is 20.4 Å². The van der Waals surface area contributed by atoms with Gasteiger partial charge < -0.3 is 9.47 Å². The van der Waals surface area contributed by atoms with Gasteiger partial charge in [0.1, 0.15) is 0 Å². The van der Waals surface area contributed by atoms with Gasteiger partial charge in [0.2, 0.25) is 0 Å². The molecule has 0 amide bonds. The van der Waals surface area contributed by atoms with E-state index < -0.39 is 5.41 Å². The third-order valence-corrected chi connectivity index (χ3v) is 7.15. The Morgan fingerprint density at radius 3 is 2.80 bits per heavy atom. The van der Waals surface area contributed by atoms with Crippen molar-refractivity contribution in [1.82, 2.24) is 0 Å². The Bertz CT molecular complexity index is 619. The van der Waals surface area contributed by atoms with Crippen LogP contribution < -0.4 is 0 Å². The van der Waals surface area contributed by atoms with Crippen LogP contribution >= 0.6 is 0 Å². The molecule has 4 nitrogen and oxygen atoms in total. The van der Waals surface area contributed by atoms with Crippen molar-refractivity contribution >= 4 is 11.9 Å². The molecule has 3 rings (SSSR count). The van der Waals surface area contributed by atoms with Gasteiger partial charge in [0.25, 0.3) is 0 Å². The molecule has 0 unspecified atom stereocenters. The Hall–Kier alpha value is -1.58. The summed E-state index contributed by atoms with van der Waals surface area (Å²) < 4.78 is 10.1. The van der Waals surface area contributed by atoms with Gasteiger partial charge in [-0.2, -0.15) is 0 Å². The van der Waals surface area contributed by atoms with E-state index in [0.717, 1.165) is 50.5 Å². The molecule has 0 aromatic rings. The molecule has 0 N–H and O–H groups in total. The molecule has 0 radical (unpaired) electrons. The first kappa shape index (κ1) is 18.2. The van der Waals surface area contributed by atoms with Crippen molar-refractivity contribution in [2.24, 2.45) is 22.7 Å². The molecular weight excluding hydrogens is 316 g/mol. The molecule has 4 heteroatoms. The van der Waals surface area contributed by atoms with Gasteiger partial charge >= 0.3 is 11.9 Å². The Labute approximate surface area is 150 Å². The molecule has 138 valence electrons. The summed E-state index contributed by atoms with van der Waals surface area (Å²) in [5.74, 6) is 0.490. The van der Waals surface area contributed by atoms with Gasteiger partial charge in [-0.3, -0.25) is 9.59 Å². The minimum Gasteiger partial charge on any atom is -0.469 e. The summed E-state index contributed by atoms with van der Waals surface area (Å²) in [6.45, 7) is 8.81. The first-order valence-corrected chi connectivity index (χ1v) is 9.45. The van der Waals surface area contributed by atoms with E-state index in [9.17, 15) is 9.59 Å². The Balaban J connectivity index is 1.81. The molecule has 2 saturated carbocycles. The molecule has 0 spiro atoms. The Morgan fingerprint density at radius 2 is 2.16 bits per heavy atom. The highest BCUT2D eigenvalue weighted by Gasteiger charge is 2.57. The zero-order valence-corrected chi connectivity index (χ0v) is 15.7. The van der Waals surface area contributed by atoms with Crippen molar-refractivity contribution in [2.45, 2.75) is 65.2 Å². The second-order valence-corrected chi connectivity index (χ2v) is 8.55. The maximum absolute atomic E-state index is 12.6. The highest BCUT2D eigenvalue weighted by atomic mass is 16.5. The summed E-state index contributed by atoms with van der Waals surface area (Å²) in [6, 6.07) is 0. The van der Waals surface area contributed by atoms with Gasteiger partial charge in [-0.1, -0.05) is 25.5 Å². The number of hydrogen-bond donors (Lipinski definition) is 0. The highest BCUT2D eigenvalue weighted by molar-refractivity contribution is 5.77. The number of carbonyl (C=O) groups is 2. The van der Waals surface area contributed by atoms with Gasteiger partial charge in [-0.05, 0) is 68.3 Å². The van der Waals surface area contributed by atoms with Crippen molar-refractivity contribution in [2.75, 3.05) is 7.11 Å². The summed E-state index contributed by atoms with van der Waals surface area (Å²) in [5, 5.41) is 0. The summed E-state index contributed by atoms with van der Waals surface area (Å²) in [5.41, 5.74) is 2.06. The number of fused-ring (bicyclic) bond motifs is 1. The second kappa shape index (κ2) is 6.62. The minimum absolute atomic E-state index is 0.0628. The summed E-state index contributed by atoms with van der Waals surface area (Å²) in [6.07, 6.45) is 8.96. The quantitative estimate of drug-likeness (QED) is 0.553. The van der Waals surface area contributed by atoms with Gasteiger partial charge in [-0.15, -0.1) is 0 Å². The van der Waals surface area contributed by atoms with Crippen LogP contribution in [0.1, 0.15) is 65.2 Å². The summed E-state index contributed by atoms with van der Waals surface area (Å²) in [7, 11) is 1.50. The number of esters is 2. The fourth-order valence-electron chi connectivity index (χ4n) is 5.85. The van der Waals surface area contributed by atoms with Crippen LogP contribution in [0.5, 0.6) is 0 Å². The lowest BCUT2D eigenvalue weighted by atomic mass is 9.46. The number of rotatable bonds is 4. The standard InChI is InChI=1S/C21H30O4/c1-14-6-9-17-20(2,10-5-11-21(17,3)19(23)24-4)16(14)8-7-15-12-18(22)25-13-15/h13,16-17H,1,5-12H2,2-4H3/t16-,17+,20+,21-/m1/s1. The number of carbonyl (C=O) groups excluding carboxylic acids is 2. The van der Waals surface area contributed by atoms with Crippen LogP contribution in [0.25, 0.3) is 0 Å². The Morgan fingerprint density at radius 1 is 1.40 bits per heavy atom. The van der Waals surface area contributed by atoms with Gasteiger partial charge in [0.15, 0.2) is 0 Å². The van der Waals surface area contributed by atoms with Crippen molar-refractivity contribution in [1.29, 1.82) is 0 Å². The fraction of sp³-hybridized carbons (Fsp3) is 0.714. The van der Waals surface area contributed by atoms with Gasteiger partial charge in [0, 0.05) is 0 Å². The molecule has 0 bridgehead atoms. The Kier molecular flexibility index (Phi) is 4.82. The van der Waals surface area contributed by atoms with E-state index in [4.69, 9.17) is 9.47 Å². The van der Waals surface area contributed by atoms with Crippen LogP contribution in [0.15, 0.2) is 24.0 Å². The molecule has 1 aliphatic heterocycles. The monoisotopic (exact) mass is 346 g/mol. The van der Waals surface area contributed by atoms with E-state index >= 15 is 0 Å². The van der Waals surface area contributed by atoms with E-state index in [-0.39, 0.29) is 17.4 Å². The van der Waals surface area contributed by atoms with Crippen molar-refractivity contribution in [3.63, 3.8) is 0 Å². The minimum atomic E-state index is -0.396. The smallest absolute Gasteiger partial charge is 0.314 e. The zero-order valence-electron chi connectivity index (χ0n) is 15.7. The maximum atomic E-state index is 12.6. The number of methoxy groups -OCH3 is 1. The number of ether oxygens (including phenoxy) is 2. The maximum Gasteiger partial charge on any atom is 0.314 e. The van der Waals surface area contributed by atoms with E-state index in [0.29, 0.717) is 18.3 Å². The van der Waals surface area contributed by atoms with Gasteiger partial charge in [-0.25, -0.2) is 0 Å². The second-order valence-electron chi connectivity index (χ2n) is 8.55. The SMILES string of the molecule is C=C1CC[C@H]2[C@@](C)(CCC[C@@]2(C)C(=O)OC)[C@@H]1CCC1=COC(=O)C1. The topological polar surface area (TPSA) is 52.6 Å². The third-order valence-electron chi connectivity index (χ3n) is 7.15. The first-order chi connectivity index (χ1) is 11.8. The molecule has 0 saturated heterocycles. The number of cyclic esters (lactones) is 1. The predicted molar refractivity (Wildman–Crippen MR) is 95.5 cm³/mol. The number of hydrogen-bond acceptors (Lipinski definition) is 4. The van der Waals surface area contributed by atoms with E-state index in [1.165, 1.54) is 12.7 Å². The molecule has 0 aromatic carbocycles. The summed E-state index contributed by atoms with van der Waals surface area (Å²) >= 11 is 0. The molecule has 2 fully saturated rings. The molecule has 3 aliphatic rings. The predicted octanol–water partition coefficient (Wildman–Crippen LogP) is 4.55. The molecule has 4 atom stereocenters. The van der Waals surface area contributed by atoms with Crippen LogP contribution in [-0.2, 0) is 19.1 Å². The van der Waals surface area contributed by atoms with Crippen molar-refractivity contribution in [3.05, 3.63) is 24.0 Å². The lowest BCUT2D eigenvalue weighted by molar-refractivity contribution is -0.168. The largest absolute Gasteiger partial charge is 0.469 e. The normalized spacial score (nSPS) is 38.0. The molecule has 25 heavy (non-hydrogen) atoms. The first-order valence-electron chi connectivity index (χ1n) is 9.45. The lowest BCUT2D eigenvalue weighted by Crippen LogP contribution is -2.53. The lowest BCUT2D eigenvalue weighted by Gasteiger charge is -2.57. The number of allylic oxidation sites excluding steroid dienone is 1. The average Bonchev–Trinajstić information content (AvgIpc) is 2.98. The summed E-state index contributed by atoms with van der Waals surface area (Å²) in [4.78, 5) is 23.9. The van der Waals surface area contributed by atoms with Crippen LogP contribution in [0, 0.1) is 22.7 Å². The van der Waals surface area contributed by atoms with Crippen molar-refractivity contribution < 1.29 is 19.1 Å². The van der Waals surface area contributed by atoms with Crippen LogP contribution in [0.4, 0.5) is 0 Å². The molecule has 1 heterocycles. The van der Waals surface area contributed by atoms with Crippen LogP contribution in [-0.4, -0.2) is 19.0 Å². The molecule has 2 aliphatic carbocycles. The van der Waals surface area contributed by atoms with E-state index in [1.807, 2.05) is 0 Å². The third kappa shape index (κ3) is 3.04. The molecular formula is C21H30O4. The average molecular weight is 346 g/mol. The van der Waals surface area contributed by atoms with Gasteiger partial charge in [0.05, 0.1) is 25.2 Å². The van der Waals surface area contributed by atoms with Crippen LogP contribution in [0.3, 0.4) is 0 Å².